The molecule has 1 aromatic heterocycles. The van der Waals surface area contributed by atoms with Crippen LogP contribution in [0.4, 0.5) is 8.78 Å². The first-order valence-electron chi connectivity index (χ1n) is 5.99. The van der Waals surface area contributed by atoms with Crippen LogP contribution in [-0.2, 0) is 6.42 Å². The van der Waals surface area contributed by atoms with Crippen LogP contribution in [0.15, 0.2) is 0 Å². The molecule has 2 unspecified atom stereocenters. The van der Waals surface area contributed by atoms with E-state index in [2.05, 4.69) is 5.10 Å². The topological polar surface area (TPSA) is 17.8 Å². The summed E-state index contributed by atoms with van der Waals surface area (Å²) in [7, 11) is 0. The molecule has 1 saturated carbocycles. The number of aromatic nitrogens is 2. The second-order valence-electron chi connectivity index (χ2n) is 5.23. The maximum absolute atomic E-state index is 12.9. The average molecular weight is 226 g/mol. The SMILES string of the molecule is CC(C)n1nc(C(F)F)c2c1C1CC1CC2. The van der Waals surface area contributed by atoms with Crippen molar-refractivity contribution in [3.8, 4) is 0 Å². The van der Waals surface area contributed by atoms with Crippen molar-refractivity contribution in [3.63, 3.8) is 0 Å². The van der Waals surface area contributed by atoms with E-state index < -0.39 is 6.43 Å². The van der Waals surface area contributed by atoms with Crippen molar-refractivity contribution in [2.24, 2.45) is 5.92 Å². The van der Waals surface area contributed by atoms with Gasteiger partial charge >= 0.3 is 0 Å². The predicted molar refractivity (Wildman–Crippen MR) is 56.7 cm³/mol. The first kappa shape index (κ1) is 10.2. The molecule has 0 amide bonds. The Morgan fingerprint density at radius 1 is 1.38 bits per heavy atom. The van der Waals surface area contributed by atoms with Gasteiger partial charge in [-0.25, -0.2) is 8.78 Å². The van der Waals surface area contributed by atoms with Gasteiger partial charge in [0.1, 0.15) is 5.69 Å². The van der Waals surface area contributed by atoms with Gasteiger partial charge in [-0.1, -0.05) is 0 Å². The third-order valence-corrected chi connectivity index (χ3v) is 3.82. The second kappa shape index (κ2) is 3.28. The van der Waals surface area contributed by atoms with Crippen molar-refractivity contribution in [1.29, 1.82) is 0 Å². The predicted octanol–water partition coefficient (Wildman–Crippen LogP) is 3.45. The van der Waals surface area contributed by atoms with E-state index in [-0.39, 0.29) is 11.7 Å². The maximum Gasteiger partial charge on any atom is 0.282 e. The van der Waals surface area contributed by atoms with Gasteiger partial charge in [-0.2, -0.15) is 5.10 Å². The smallest absolute Gasteiger partial charge is 0.266 e. The summed E-state index contributed by atoms with van der Waals surface area (Å²) in [5.74, 6) is 1.26. The van der Waals surface area contributed by atoms with Crippen LogP contribution in [-0.4, -0.2) is 9.78 Å². The molecular weight excluding hydrogens is 210 g/mol. The van der Waals surface area contributed by atoms with E-state index in [9.17, 15) is 8.78 Å². The van der Waals surface area contributed by atoms with Gasteiger partial charge in [-0.05, 0) is 39.0 Å². The lowest BCUT2D eigenvalue weighted by molar-refractivity contribution is 0.143. The summed E-state index contributed by atoms with van der Waals surface area (Å²) in [6.07, 6.45) is 0.613. The fraction of sp³-hybridized carbons (Fsp3) is 0.750. The molecule has 16 heavy (non-hydrogen) atoms. The van der Waals surface area contributed by atoms with Crippen LogP contribution in [0.1, 0.15) is 62.0 Å². The first-order valence-corrected chi connectivity index (χ1v) is 5.99. The van der Waals surface area contributed by atoms with E-state index in [1.54, 1.807) is 0 Å². The molecule has 0 saturated heterocycles. The summed E-state index contributed by atoms with van der Waals surface area (Å²) in [5.41, 5.74) is 2.00. The minimum atomic E-state index is -2.43. The van der Waals surface area contributed by atoms with Crippen LogP contribution in [0.25, 0.3) is 0 Å². The summed E-state index contributed by atoms with van der Waals surface area (Å²) in [6.45, 7) is 4.02. The van der Waals surface area contributed by atoms with Crippen LogP contribution in [0.5, 0.6) is 0 Å². The molecule has 88 valence electrons. The van der Waals surface area contributed by atoms with E-state index >= 15 is 0 Å². The molecule has 0 radical (unpaired) electrons. The number of hydrogen-bond donors (Lipinski definition) is 0. The largest absolute Gasteiger partial charge is 0.282 e. The molecule has 0 N–H and O–H groups in total. The summed E-state index contributed by atoms with van der Waals surface area (Å²) < 4.78 is 27.6. The van der Waals surface area contributed by atoms with Crippen LogP contribution < -0.4 is 0 Å². The Labute approximate surface area is 93.6 Å². The molecule has 1 heterocycles. The highest BCUT2D eigenvalue weighted by Gasteiger charge is 2.46. The van der Waals surface area contributed by atoms with Crippen molar-refractivity contribution < 1.29 is 8.78 Å². The molecule has 0 aromatic carbocycles. The van der Waals surface area contributed by atoms with Gasteiger partial charge in [-0.15, -0.1) is 0 Å². The molecule has 2 aliphatic carbocycles. The van der Waals surface area contributed by atoms with Gasteiger partial charge in [0.15, 0.2) is 0 Å². The Kier molecular flexibility index (Phi) is 2.10. The second-order valence-corrected chi connectivity index (χ2v) is 5.23. The fourth-order valence-electron chi connectivity index (χ4n) is 2.95. The highest BCUT2D eigenvalue weighted by molar-refractivity contribution is 5.37. The van der Waals surface area contributed by atoms with E-state index in [4.69, 9.17) is 0 Å². The highest BCUT2D eigenvalue weighted by Crippen LogP contribution is 2.55. The van der Waals surface area contributed by atoms with Crippen molar-refractivity contribution >= 4 is 0 Å². The molecule has 2 aliphatic rings. The standard InChI is InChI=1S/C12H16F2N2/c1-6(2)16-11-8(10(15-16)12(13)14)4-3-7-5-9(7)11/h6-7,9,12H,3-5H2,1-2H3. The lowest BCUT2D eigenvalue weighted by Gasteiger charge is -2.15. The van der Waals surface area contributed by atoms with Gasteiger partial charge in [0.25, 0.3) is 6.43 Å². The third kappa shape index (κ3) is 1.31. The minimum Gasteiger partial charge on any atom is -0.266 e. The normalized spacial score (nSPS) is 27.1. The van der Waals surface area contributed by atoms with Crippen LogP contribution >= 0.6 is 0 Å². The van der Waals surface area contributed by atoms with Crippen LogP contribution in [0.3, 0.4) is 0 Å². The highest BCUT2D eigenvalue weighted by atomic mass is 19.3. The Morgan fingerprint density at radius 2 is 2.12 bits per heavy atom. The third-order valence-electron chi connectivity index (χ3n) is 3.82. The van der Waals surface area contributed by atoms with Gasteiger partial charge in [0.2, 0.25) is 0 Å². The minimum absolute atomic E-state index is 0.0362. The quantitative estimate of drug-likeness (QED) is 0.755. The maximum atomic E-state index is 12.9. The van der Waals surface area contributed by atoms with E-state index in [0.29, 0.717) is 5.92 Å². The zero-order chi connectivity index (χ0) is 11.4. The summed E-state index contributed by atoms with van der Waals surface area (Å²) in [6, 6.07) is 0.181. The van der Waals surface area contributed by atoms with Gasteiger partial charge in [0, 0.05) is 23.2 Å². The van der Waals surface area contributed by atoms with Crippen molar-refractivity contribution in [2.75, 3.05) is 0 Å². The molecule has 0 spiro atoms. The Bertz CT molecular complexity index is 423. The molecule has 1 aromatic rings. The van der Waals surface area contributed by atoms with Crippen molar-refractivity contribution in [3.05, 3.63) is 17.0 Å². The first-order chi connectivity index (χ1) is 7.59. The van der Waals surface area contributed by atoms with E-state index in [1.165, 1.54) is 6.42 Å². The molecule has 2 atom stereocenters. The number of hydrogen-bond acceptors (Lipinski definition) is 1. The van der Waals surface area contributed by atoms with E-state index in [0.717, 1.165) is 30.0 Å². The average Bonchev–Trinajstić information content (AvgIpc) is 2.89. The molecule has 0 bridgehead atoms. The van der Waals surface area contributed by atoms with Gasteiger partial charge in [-0.3, -0.25) is 4.68 Å². The molecule has 3 rings (SSSR count). The molecule has 4 heteroatoms. The molecule has 0 aliphatic heterocycles. The van der Waals surface area contributed by atoms with Crippen molar-refractivity contribution in [2.45, 2.75) is 51.5 Å². The zero-order valence-corrected chi connectivity index (χ0v) is 9.58. The number of alkyl halides is 2. The monoisotopic (exact) mass is 226 g/mol. The van der Waals surface area contributed by atoms with Crippen molar-refractivity contribution in [1.82, 2.24) is 9.78 Å². The molecular formula is C12H16F2N2. The molecule has 1 fully saturated rings. The fourth-order valence-corrected chi connectivity index (χ4v) is 2.95. The van der Waals surface area contributed by atoms with Crippen LogP contribution in [0.2, 0.25) is 0 Å². The van der Waals surface area contributed by atoms with Crippen LogP contribution in [0, 0.1) is 5.92 Å². The van der Waals surface area contributed by atoms with Gasteiger partial charge < -0.3 is 0 Å². The summed E-state index contributed by atoms with van der Waals surface area (Å²) in [5, 5.41) is 4.13. The Hall–Kier alpha value is -0.930. The zero-order valence-electron chi connectivity index (χ0n) is 9.58. The lowest BCUT2D eigenvalue weighted by atomic mass is 9.95. The lowest BCUT2D eigenvalue weighted by Crippen LogP contribution is -2.10. The number of rotatable bonds is 2. The number of nitrogens with zero attached hydrogens (tertiary/aromatic N) is 2. The molecule has 2 nitrogen and oxygen atoms in total. The Balaban J connectivity index is 2.13. The Morgan fingerprint density at radius 3 is 2.75 bits per heavy atom. The van der Waals surface area contributed by atoms with Gasteiger partial charge in [0.05, 0.1) is 0 Å². The summed E-state index contributed by atoms with van der Waals surface area (Å²) in [4.78, 5) is 0. The number of fused-ring (bicyclic) bond motifs is 3. The number of halogens is 2. The van der Waals surface area contributed by atoms with E-state index in [1.807, 2.05) is 18.5 Å². The summed E-state index contributed by atoms with van der Waals surface area (Å²) >= 11 is 0.